The third kappa shape index (κ3) is 4.81. The van der Waals surface area contributed by atoms with Gasteiger partial charge in [0.2, 0.25) is 0 Å². The van der Waals surface area contributed by atoms with Gasteiger partial charge in [-0.25, -0.2) is 0 Å². The molecule has 0 amide bonds. The van der Waals surface area contributed by atoms with Crippen LogP contribution in [0.3, 0.4) is 0 Å². The summed E-state index contributed by atoms with van der Waals surface area (Å²) in [5.41, 5.74) is 10.9. The van der Waals surface area contributed by atoms with Gasteiger partial charge in [-0.15, -0.1) is 0 Å². The van der Waals surface area contributed by atoms with Crippen LogP contribution in [0.25, 0.3) is 0 Å². The normalized spacial score (nSPS) is 21.2. The number of nitrogens with zero attached hydrogens (tertiary/aromatic N) is 3. The smallest absolute Gasteiger partial charge is 0.0607 e. The molecule has 3 heterocycles. The van der Waals surface area contributed by atoms with Crippen molar-refractivity contribution >= 4 is 13.5 Å². The van der Waals surface area contributed by atoms with E-state index in [0.29, 0.717) is 18.6 Å². The van der Waals surface area contributed by atoms with E-state index in [1.165, 1.54) is 35.4 Å². The first kappa shape index (κ1) is 21.0. The van der Waals surface area contributed by atoms with Crippen LogP contribution in [0.2, 0.25) is 0 Å². The molecule has 2 aromatic heterocycles. The van der Waals surface area contributed by atoms with Crippen LogP contribution in [0.1, 0.15) is 41.4 Å². The summed E-state index contributed by atoms with van der Waals surface area (Å²) in [5.74, 6) is 0. The first-order valence-electron chi connectivity index (χ1n) is 10.0. The summed E-state index contributed by atoms with van der Waals surface area (Å²) in [6, 6.07) is 9.29. The average molecular weight is 398 g/mol. The monoisotopic (exact) mass is 397 g/mol. The molecule has 150 valence electrons. The van der Waals surface area contributed by atoms with Gasteiger partial charge in [-0.3, -0.25) is 14.9 Å². The van der Waals surface area contributed by atoms with E-state index in [9.17, 15) is 0 Å². The molecule has 2 aromatic rings. The molecular weight excluding hydrogens is 366 g/mol. The Morgan fingerprint density at radius 3 is 2.82 bits per heavy atom. The molecule has 4 rings (SSSR count). The van der Waals surface area contributed by atoms with Gasteiger partial charge in [0.15, 0.2) is 0 Å². The maximum absolute atomic E-state index is 5.67. The van der Waals surface area contributed by atoms with Gasteiger partial charge in [0.25, 0.3) is 0 Å². The van der Waals surface area contributed by atoms with Gasteiger partial charge in [-0.1, -0.05) is 24.3 Å². The molecule has 0 bridgehead atoms. The van der Waals surface area contributed by atoms with E-state index in [2.05, 4.69) is 45.6 Å². The molecule has 0 saturated heterocycles. The number of nitrogens with two attached hydrogens (primary N) is 1. The number of fused-ring (bicyclic) bond motifs is 2. The topological polar surface area (TPSA) is 67.1 Å². The van der Waals surface area contributed by atoms with E-state index in [-0.39, 0.29) is 13.5 Å². The fraction of sp³-hybridized carbons (Fsp3) is 0.455. The molecule has 6 heteroatoms. The fourth-order valence-corrected chi connectivity index (χ4v) is 4.36. The lowest BCUT2D eigenvalue weighted by Gasteiger charge is -2.37. The van der Waals surface area contributed by atoms with Crippen molar-refractivity contribution in [3.63, 3.8) is 0 Å². The van der Waals surface area contributed by atoms with Gasteiger partial charge in [-0.05, 0) is 42.5 Å². The second-order valence-electron chi connectivity index (χ2n) is 7.51. The van der Waals surface area contributed by atoms with E-state index in [0.717, 1.165) is 32.5 Å². The van der Waals surface area contributed by atoms with E-state index in [1.54, 1.807) is 0 Å². The number of rotatable bonds is 6. The Kier molecular flexibility index (Phi) is 7.62. The van der Waals surface area contributed by atoms with Crippen LogP contribution in [0.5, 0.6) is 0 Å². The second kappa shape index (κ2) is 10.2. The lowest BCUT2D eigenvalue weighted by Crippen LogP contribution is -2.46. The summed E-state index contributed by atoms with van der Waals surface area (Å²) in [4.78, 5) is 11.9. The van der Waals surface area contributed by atoms with E-state index >= 15 is 0 Å². The third-order valence-electron chi connectivity index (χ3n) is 5.71. The Morgan fingerprint density at radius 1 is 1.14 bits per heavy atom. The standard InChI is InChI=1S/C22H29N5.H2S/c23-10-1-2-13-27(21-9-3-6-17-7-4-12-25-22(17)21)16-19-14-20-18(15-26-19)8-5-11-24-20;/h1-2,4-5,7-8,11-12,19,21,26H,3,6,9-10,13-16,23H2;1H2/b2-1-;/t19?,21-;/m0./s1. The summed E-state index contributed by atoms with van der Waals surface area (Å²) < 4.78 is 0. The van der Waals surface area contributed by atoms with Crippen molar-refractivity contribution in [3.05, 3.63) is 71.3 Å². The summed E-state index contributed by atoms with van der Waals surface area (Å²) in [6.45, 7) is 3.39. The molecule has 28 heavy (non-hydrogen) atoms. The van der Waals surface area contributed by atoms with Crippen molar-refractivity contribution in [1.82, 2.24) is 20.2 Å². The van der Waals surface area contributed by atoms with Crippen LogP contribution >= 0.6 is 13.5 Å². The SMILES string of the molecule is NC/C=C\CN(CC1Cc2ncccc2CN1)[C@H]1CCCc2cccnc21.S. The van der Waals surface area contributed by atoms with Crippen molar-refractivity contribution in [1.29, 1.82) is 0 Å². The van der Waals surface area contributed by atoms with Crippen LogP contribution in [-0.2, 0) is 19.4 Å². The van der Waals surface area contributed by atoms with E-state index < -0.39 is 0 Å². The molecule has 0 fully saturated rings. The third-order valence-corrected chi connectivity index (χ3v) is 5.71. The number of pyridine rings is 2. The largest absolute Gasteiger partial charge is 0.327 e. The zero-order valence-corrected chi connectivity index (χ0v) is 17.3. The zero-order valence-electron chi connectivity index (χ0n) is 16.3. The Bertz CT molecular complexity index is 794. The number of hydrogen-bond acceptors (Lipinski definition) is 5. The molecule has 3 N–H and O–H groups in total. The van der Waals surface area contributed by atoms with Crippen LogP contribution in [-0.4, -0.2) is 40.5 Å². The Morgan fingerprint density at radius 2 is 1.96 bits per heavy atom. The first-order chi connectivity index (χ1) is 13.3. The van der Waals surface area contributed by atoms with Crippen LogP contribution in [0.4, 0.5) is 0 Å². The second-order valence-corrected chi connectivity index (χ2v) is 7.51. The highest BCUT2D eigenvalue weighted by Gasteiger charge is 2.29. The first-order valence-corrected chi connectivity index (χ1v) is 10.0. The summed E-state index contributed by atoms with van der Waals surface area (Å²) in [7, 11) is 0. The van der Waals surface area contributed by atoms with Crippen molar-refractivity contribution in [3.8, 4) is 0 Å². The molecule has 1 unspecified atom stereocenters. The van der Waals surface area contributed by atoms with Gasteiger partial charge in [0, 0.05) is 56.7 Å². The van der Waals surface area contributed by atoms with Gasteiger partial charge >= 0.3 is 0 Å². The van der Waals surface area contributed by atoms with Crippen molar-refractivity contribution in [2.75, 3.05) is 19.6 Å². The van der Waals surface area contributed by atoms with E-state index in [4.69, 9.17) is 10.7 Å². The lowest BCUT2D eigenvalue weighted by molar-refractivity contribution is 0.170. The van der Waals surface area contributed by atoms with Crippen LogP contribution in [0, 0.1) is 0 Å². The highest BCUT2D eigenvalue weighted by molar-refractivity contribution is 7.59. The molecule has 0 radical (unpaired) electrons. The number of aryl methyl sites for hydroxylation is 1. The lowest BCUT2D eigenvalue weighted by atomic mass is 9.90. The minimum atomic E-state index is 0. The molecule has 0 aromatic carbocycles. The van der Waals surface area contributed by atoms with Crippen LogP contribution in [0.15, 0.2) is 48.8 Å². The average Bonchev–Trinajstić information content (AvgIpc) is 2.73. The Balaban J connectivity index is 0.00000225. The maximum atomic E-state index is 5.67. The molecule has 5 nitrogen and oxygen atoms in total. The van der Waals surface area contributed by atoms with Gasteiger partial charge in [-0.2, -0.15) is 13.5 Å². The predicted molar refractivity (Wildman–Crippen MR) is 119 cm³/mol. The molecule has 1 aliphatic carbocycles. The molecule has 0 spiro atoms. The summed E-state index contributed by atoms with van der Waals surface area (Å²) in [5, 5.41) is 3.71. The quantitative estimate of drug-likeness (QED) is 0.733. The highest BCUT2D eigenvalue weighted by atomic mass is 32.1. The summed E-state index contributed by atoms with van der Waals surface area (Å²) >= 11 is 0. The predicted octanol–water partition coefficient (Wildman–Crippen LogP) is 2.50. The number of hydrogen-bond donors (Lipinski definition) is 2. The maximum Gasteiger partial charge on any atom is 0.0607 e. The zero-order chi connectivity index (χ0) is 18.5. The van der Waals surface area contributed by atoms with Gasteiger partial charge < -0.3 is 11.1 Å². The van der Waals surface area contributed by atoms with Gasteiger partial charge in [0.1, 0.15) is 0 Å². The number of aromatic nitrogens is 2. The molecule has 2 atom stereocenters. The minimum absolute atomic E-state index is 0. The van der Waals surface area contributed by atoms with Crippen molar-refractivity contribution in [2.24, 2.45) is 5.73 Å². The van der Waals surface area contributed by atoms with Crippen molar-refractivity contribution in [2.45, 2.75) is 44.3 Å². The molecular formula is C22H31N5S. The van der Waals surface area contributed by atoms with E-state index in [1.807, 2.05) is 18.5 Å². The van der Waals surface area contributed by atoms with Crippen LogP contribution < -0.4 is 11.1 Å². The molecule has 2 aliphatic rings. The van der Waals surface area contributed by atoms with Crippen molar-refractivity contribution < 1.29 is 0 Å². The minimum Gasteiger partial charge on any atom is -0.327 e. The van der Waals surface area contributed by atoms with Gasteiger partial charge in [0.05, 0.1) is 11.7 Å². The Hall–Kier alpha value is -1.73. The fourth-order valence-electron chi connectivity index (χ4n) is 4.36. The molecule has 0 saturated carbocycles. The number of nitrogens with one attached hydrogen (secondary N) is 1. The molecule has 1 aliphatic heterocycles. The highest BCUT2D eigenvalue weighted by Crippen LogP contribution is 2.33. The Labute approximate surface area is 174 Å². The summed E-state index contributed by atoms with van der Waals surface area (Å²) in [6.07, 6.45) is 12.6.